The number of rotatable bonds is 8. The van der Waals surface area contributed by atoms with Gasteiger partial charge in [0.2, 0.25) is 0 Å². The second kappa shape index (κ2) is 7.53. The van der Waals surface area contributed by atoms with Crippen LogP contribution in [0.1, 0.15) is 12.1 Å². The Balaban J connectivity index is 1.89. The first-order chi connectivity index (χ1) is 10.2. The Morgan fingerprint density at radius 2 is 2.24 bits per heavy atom. The lowest BCUT2D eigenvalue weighted by Crippen LogP contribution is -2.03. The minimum absolute atomic E-state index is 0.0987. The molecular weight excluding hydrogens is 282 g/mol. The number of aliphatic hydroxyl groups is 1. The first-order valence-electron chi connectivity index (χ1n) is 6.46. The topological polar surface area (TPSA) is 72.2 Å². The quantitative estimate of drug-likeness (QED) is 0.778. The molecule has 1 heterocycles. The van der Waals surface area contributed by atoms with E-state index in [0.29, 0.717) is 30.9 Å². The number of hydrogen-bond donors (Lipinski definition) is 2. The van der Waals surface area contributed by atoms with Crippen molar-refractivity contribution in [2.24, 2.45) is 0 Å². The predicted octanol–water partition coefficient (Wildman–Crippen LogP) is 1.87. The third kappa shape index (κ3) is 4.99. The molecule has 2 N–H and O–H groups in total. The molecule has 0 aliphatic rings. The summed E-state index contributed by atoms with van der Waals surface area (Å²) in [6.07, 6.45) is 2.38. The fourth-order valence-corrected chi connectivity index (χ4v) is 1.74. The molecule has 2 rings (SSSR count). The van der Waals surface area contributed by atoms with Gasteiger partial charge in [-0.15, -0.1) is 5.10 Å². The molecule has 0 saturated carbocycles. The first-order valence-corrected chi connectivity index (χ1v) is 6.46. The molecule has 6 nitrogen and oxygen atoms in total. The maximum Gasteiger partial charge on any atom is 0.387 e. The Kier molecular flexibility index (Phi) is 5.44. The molecule has 0 fully saturated rings. The zero-order valence-corrected chi connectivity index (χ0v) is 11.2. The van der Waals surface area contributed by atoms with Crippen LogP contribution in [0.2, 0.25) is 0 Å². The summed E-state index contributed by atoms with van der Waals surface area (Å²) < 4.78 is 30.2. The number of hydrogen-bond acceptors (Lipinski definition) is 5. The maximum atomic E-state index is 12.1. The molecule has 1 aromatic heterocycles. The molecule has 0 spiro atoms. The van der Waals surface area contributed by atoms with Gasteiger partial charge in [0.25, 0.3) is 0 Å². The molecule has 0 aliphatic carbocycles. The second-order valence-electron chi connectivity index (χ2n) is 4.31. The van der Waals surface area contributed by atoms with Crippen molar-refractivity contribution in [2.45, 2.75) is 26.1 Å². The highest BCUT2D eigenvalue weighted by Crippen LogP contribution is 2.19. The van der Waals surface area contributed by atoms with E-state index in [1.807, 2.05) is 0 Å². The largest absolute Gasteiger partial charge is 0.435 e. The third-order valence-electron chi connectivity index (χ3n) is 2.66. The highest BCUT2D eigenvalue weighted by atomic mass is 19.3. The number of aromatic nitrogens is 3. The van der Waals surface area contributed by atoms with Crippen molar-refractivity contribution in [3.63, 3.8) is 0 Å². The smallest absolute Gasteiger partial charge is 0.387 e. The van der Waals surface area contributed by atoms with Crippen molar-refractivity contribution in [1.29, 1.82) is 0 Å². The molecule has 0 unspecified atom stereocenters. The lowest BCUT2D eigenvalue weighted by molar-refractivity contribution is -0.0498. The fraction of sp³-hybridized carbons (Fsp3) is 0.385. The predicted molar refractivity (Wildman–Crippen MR) is 72.1 cm³/mol. The summed E-state index contributed by atoms with van der Waals surface area (Å²) in [5, 5.41) is 19.7. The van der Waals surface area contributed by atoms with Gasteiger partial charge in [0, 0.05) is 24.9 Å². The van der Waals surface area contributed by atoms with Crippen molar-refractivity contribution >= 4 is 5.69 Å². The van der Waals surface area contributed by atoms with Crippen molar-refractivity contribution in [3.8, 4) is 5.75 Å². The van der Waals surface area contributed by atoms with Crippen LogP contribution in [0.3, 0.4) is 0 Å². The minimum Gasteiger partial charge on any atom is -0.435 e. The summed E-state index contributed by atoms with van der Waals surface area (Å²) in [7, 11) is 0. The van der Waals surface area contributed by atoms with Crippen LogP contribution in [-0.2, 0) is 13.1 Å². The van der Waals surface area contributed by atoms with Gasteiger partial charge in [-0.1, -0.05) is 11.3 Å². The Morgan fingerprint density at radius 3 is 3.00 bits per heavy atom. The standard InChI is InChI=1S/C13H16F2N4O2/c14-13(15)21-12-4-1-3-10(7-12)16-8-11-9-19(18-17-11)5-2-6-20/h1,3-4,7,9,13,16,20H,2,5-6,8H2. The molecule has 0 atom stereocenters. The number of ether oxygens (including phenoxy) is 1. The Hall–Kier alpha value is -2.22. The van der Waals surface area contributed by atoms with Crippen molar-refractivity contribution in [2.75, 3.05) is 11.9 Å². The number of anilines is 1. The molecular formula is C13H16F2N4O2. The number of nitrogens with one attached hydrogen (secondary N) is 1. The monoisotopic (exact) mass is 298 g/mol. The van der Waals surface area contributed by atoms with E-state index in [0.717, 1.165) is 0 Å². The van der Waals surface area contributed by atoms with E-state index in [2.05, 4.69) is 20.4 Å². The molecule has 114 valence electrons. The van der Waals surface area contributed by atoms with E-state index in [1.165, 1.54) is 12.1 Å². The van der Waals surface area contributed by atoms with E-state index in [1.54, 1.807) is 23.0 Å². The summed E-state index contributed by atoms with van der Waals surface area (Å²) in [5.74, 6) is 0.0987. The van der Waals surface area contributed by atoms with Crippen LogP contribution in [0.4, 0.5) is 14.5 Å². The number of halogens is 2. The molecule has 0 aliphatic heterocycles. The van der Waals surface area contributed by atoms with Gasteiger partial charge in [-0.2, -0.15) is 8.78 Å². The van der Waals surface area contributed by atoms with E-state index < -0.39 is 6.61 Å². The number of aliphatic hydroxyl groups excluding tert-OH is 1. The summed E-state index contributed by atoms with van der Waals surface area (Å²) in [6, 6.07) is 6.32. The Morgan fingerprint density at radius 1 is 1.38 bits per heavy atom. The summed E-state index contributed by atoms with van der Waals surface area (Å²) in [4.78, 5) is 0. The third-order valence-corrected chi connectivity index (χ3v) is 2.66. The Labute approximate surface area is 120 Å². The van der Waals surface area contributed by atoms with Crippen LogP contribution in [0.25, 0.3) is 0 Å². The van der Waals surface area contributed by atoms with Gasteiger partial charge >= 0.3 is 6.61 Å². The van der Waals surface area contributed by atoms with Gasteiger partial charge < -0.3 is 15.2 Å². The van der Waals surface area contributed by atoms with Crippen molar-refractivity contribution < 1.29 is 18.6 Å². The van der Waals surface area contributed by atoms with Gasteiger partial charge in [0.15, 0.2) is 0 Å². The van der Waals surface area contributed by atoms with Gasteiger partial charge in [-0.25, -0.2) is 0 Å². The lowest BCUT2D eigenvalue weighted by atomic mass is 10.3. The average molecular weight is 298 g/mol. The van der Waals surface area contributed by atoms with Crippen LogP contribution in [0.5, 0.6) is 5.75 Å². The number of benzene rings is 1. The van der Waals surface area contributed by atoms with Gasteiger partial charge in [-0.05, 0) is 18.6 Å². The highest BCUT2D eigenvalue weighted by molar-refractivity contribution is 5.48. The lowest BCUT2D eigenvalue weighted by Gasteiger charge is -2.08. The van der Waals surface area contributed by atoms with Crippen LogP contribution in [0, 0.1) is 0 Å². The SMILES string of the molecule is OCCCn1cc(CNc2cccc(OC(F)F)c2)nn1. The molecule has 0 bridgehead atoms. The summed E-state index contributed by atoms with van der Waals surface area (Å²) in [5.41, 5.74) is 1.37. The molecule has 0 amide bonds. The normalized spacial score (nSPS) is 10.9. The van der Waals surface area contributed by atoms with Gasteiger partial charge in [0.1, 0.15) is 11.4 Å². The van der Waals surface area contributed by atoms with Crippen molar-refractivity contribution in [3.05, 3.63) is 36.2 Å². The van der Waals surface area contributed by atoms with E-state index in [4.69, 9.17) is 5.11 Å². The van der Waals surface area contributed by atoms with E-state index in [9.17, 15) is 8.78 Å². The first kappa shape index (κ1) is 15.2. The Bertz CT molecular complexity index is 563. The van der Waals surface area contributed by atoms with E-state index >= 15 is 0 Å². The minimum atomic E-state index is -2.84. The van der Waals surface area contributed by atoms with Gasteiger partial charge in [-0.3, -0.25) is 4.68 Å². The summed E-state index contributed by atoms with van der Waals surface area (Å²) >= 11 is 0. The van der Waals surface area contributed by atoms with Crippen LogP contribution < -0.4 is 10.1 Å². The number of alkyl halides is 2. The molecule has 0 saturated heterocycles. The highest BCUT2D eigenvalue weighted by Gasteiger charge is 2.05. The molecule has 1 aromatic carbocycles. The zero-order valence-electron chi connectivity index (χ0n) is 11.2. The average Bonchev–Trinajstić information content (AvgIpc) is 2.90. The number of aryl methyl sites for hydroxylation is 1. The van der Waals surface area contributed by atoms with Crippen LogP contribution >= 0.6 is 0 Å². The fourth-order valence-electron chi connectivity index (χ4n) is 1.74. The van der Waals surface area contributed by atoms with Crippen LogP contribution in [-0.4, -0.2) is 33.3 Å². The molecule has 0 radical (unpaired) electrons. The molecule has 8 heteroatoms. The second-order valence-corrected chi connectivity index (χ2v) is 4.31. The van der Waals surface area contributed by atoms with E-state index in [-0.39, 0.29) is 12.4 Å². The maximum absolute atomic E-state index is 12.1. The van der Waals surface area contributed by atoms with Gasteiger partial charge in [0.05, 0.1) is 12.7 Å². The zero-order chi connectivity index (χ0) is 15.1. The number of nitrogens with zero attached hydrogens (tertiary/aromatic N) is 3. The summed E-state index contributed by atoms with van der Waals surface area (Å²) in [6.45, 7) is -1.73. The van der Waals surface area contributed by atoms with Crippen LogP contribution in [0.15, 0.2) is 30.5 Å². The van der Waals surface area contributed by atoms with Crippen molar-refractivity contribution in [1.82, 2.24) is 15.0 Å². The molecule has 21 heavy (non-hydrogen) atoms. The molecule has 2 aromatic rings.